The third-order valence-electron chi connectivity index (χ3n) is 4.26. The Balaban J connectivity index is 1.65. The number of carbonyl (C=O) groups excluding carboxylic acids is 2. The Labute approximate surface area is 157 Å². The van der Waals surface area contributed by atoms with E-state index in [4.69, 9.17) is 4.74 Å². The van der Waals surface area contributed by atoms with E-state index in [1.807, 2.05) is 29.6 Å². The number of benzene rings is 1. The van der Waals surface area contributed by atoms with Gasteiger partial charge in [-0.25, -0.2) is 9.78 Å². The monoisotopic (exact) mass is 373 g/mol. The quantitative estimate of drug-likeness (QED) is 0.721. The number of ether oxygens (including phenoxy) is 1. The molecule has 0 saturated heterocycles. The second-order valence-corrected chi connectivity index (χ2v) is 7.13. The van der Waals surface area contributed by atoms with E-state index in [0.717, 1.165) is 17.8 Å². The van der Waals surface area contributed by atoms with Gasteiger partial charge < -0.3 is 10.1 Å². The number of aromatic nitrogens is 1. The Kier molecular flexibility index (Phi) is 6.00. The summed E-state index contributed by atoms with van der Waals surface area (Å²) in [6.07, 6.45) is 2.37. The number of nitrogens with zero attached hydrogens (tertiary/aromatic N) is 2. The van der Waals surface area contributed by atoms with E-state index in [0.29, 0.717) is 29.8 Å². The van der Waals surface area contributed by atoms with Crippen LogP contribution in [0.25, 0.3) is 0 Å². The maximum absolute atomic E-state index is 11.8. The van der Waals surface area contributed by atoms with Crippen LogP contribution in [0.15, 0.2) is 29.6 Å². The largest absolute Gasteiger partial charge is 0.461 e. The van der Waals surface area contributed by atoms with Crippen molar-refractivity contribution < 1.29 is 14.3 Å². The zero-order valence-corrected chi connectivity index (χ0v) is 15.8. The molecule has 1 N–H and O–H groups in total. The molecule has 1 aromatic heterocycles. The van der Waals surface area contributed by atoms with Gasteiger partial charge in [0.2, 0.25) is 5.01 Å². The van der Waals surface area contributed by atoms with E-state index in [9.17, 15) is 9.59 Å². The molecule has 6 nitrogen and oxygen atoms in total. The predicted octanol–water partition coefficient (Wildman–Crippen LogP) is 2.84. The fraction of sp³-hybridized carbons (Fsp3) is 0.421. The summed E-state index contributed by atoms with van der Waals surface area (Å²) < 4.78 is 5.00. The van der Waals surface area contributed by atoms with Crippen molar-refractivity contribution in [2.24, 2.45) is 0 Å². The zero-order chi connectivity index (χ0) is 18.5. The van der Waals surface area contributed by atoms with Gasteiger partial charge in [-0.3, -0.25) is 9.69 Å². The summed E-state index contributed by atoms with van der Waals surface area (Å²) in [6.45, 7) is 3.65. The van der Waals surface area contributed by atoms with Crippen LogP contribution < -0.4 is 5.32 Å². The molecule has 7 heteroatoms. The SMILES string of the molecule is CCOC(=O)c1nc(CN(Cc2ccc(C(=O)NC)cc2)C2CC2)cs1. The average Bonchev–Trinajstić information content (AvgIpc) is 3.40. The molecule has 0 bridgehead atoms. The normalized spacial score (nSPS) is 13.7. The van der Waals surface area contributed by atoms with E-state index in [1.165, 1.54) is 24.2 Å². The van der Waals surface area contributed by atoms with Gasteiger partial charge in [0.05, 0.1) is 12.3 Å². The first kappa shape index (κ1) is 18.5. The molecule has 3 rings (SSSR count). The van der Waals surface area contributed by atoms with E-state index in [-0.39, 0.29) is 11.9 Å². The summed E-state index contributed by atoms with van der Waals surface area (Å²) in [5.41, 5.74) is 2.71. The first-order valence-electron chi connectivity index (χ1n) is 8.77. The van der Waals surface area contributed by atoms with Gasteiger partial charge >= 0.3 is 5.97 Å². The molecule has 0 unspecified atom stereocenters. The second-order valence-electron chi connectivity index (χ2n) is 6.28. The minimum absolute atomic E-state index is 0.0791. The minimum Gasteiger partial charge on any atom is -0.461 e. The molecule has 0 atom stereocenters. The lowest BCUT2D eigenvalue weighted by atomic mass is 10.1. The van der Waals surface area contributed by atoms with Crippen LogP contribution in [0.5, 0.6) is 0 Å². The van der Waals surface area contributed by atoms with Crippen LogP contribution in [0.1, 0.15) is 51.2 Å². The van der Waals surface area contributed by atoms with Crippen LogP contribution in [-0.4, -0.2) is 41.5 Å². The standard InChI is InChI=1S/C19H23N3O3S/c1-3-25-19(24)18-21-15(12-26-18)11-22(16-8-9-16)10-13-4-6-14(7-5-13)17(23)20-2/h4-7,12,16H,3,8-11H2,1-2H3,(H,20,23). The maximum Gasteiger partial charge on any atom is 0.367 e. The molecule has 1 amide bonds. The second kappa shape index (κ2) is 8.42. The first-order chi connectivity index (χ1) is 12.6. The van der Waals surface area contributed by atoms with Crippen molar-refractivity contribution in [3.8, 4) is 0 Å². The number of hydrogen-bond donors (Lipinski definition) is 1. The van der Waals surface area contributed by atoms with Crippen molar-refractivity contribution in [3.05, 3.63) is 51.5 Å². The molecule has 1 aliphatic rings. The highest BCUT2D eigenvalue weighted by molar-refractivity contribution is 7.11. The lowest BCUT2D eigenvalue weighted by Crippen LogP contribution is -2.25. The highest BCUT2D eigenvalue weighted by Gasteiger charge is 2.29. The average molecular weight is 373 g/mol. The van der Waals surface area contributed by atoms with Gasteiger partial charge in [-0.15, -0.1) is 11.3 Å². The number of carbonyl (C=O) groups is 2. The van der Waals surface area contributed by atoms with Crippen LogP contribution in [0, 0.1) is 0 Å². The molecule has 1 fully saturated rings. The summed E-state index contributed by atoms with van der Waals surface area (Å²) >= 11 is 1.33. The topological polar surface area (TPSA) is 71.5 Å². The van der Waals surface area contributed by atoms with Crippen molar-refractivity contribution in [2.45, 2.75) is 38.9 Å². The van der Waals surface area contributed by atoms with Crippen molar-refractivity contribution in [1.82, 2.24) is 15.2 Å². The van der Waals surface area contributed by atoms with Crippen LogP contribution >= 0.6 is 11.3 Å². The van der Waals surface area contributed by atoms with E-state index in [2.05, 4.69) is 15.2 Å². The van der Waals surface area contributed by atoms with Gasteiger partial charge in [-0.05, 0) is 37.5 Å². The number of esters is 1. The molecule has 2 aromatic rings. The summed E-state index contributed by atoms with van der Waals surface area (Å²) in [4.78, 5) is 30.2. The third-order valence-corrected chi connectivity index (χ3v) is 5.13. The molecule has 138 valence electrons. The maximum atomic E-state index is 11.8. The van der Waals surface area contributed by atoms with E-state index < -0.39 is 0 Å². The first-order valence-corrected chi connectivity index (χ1v) is 9.65. The summed E-state index contributed by atoms with van der Waals surface area (Å²) in [6, 6.07) is 8.24. The van der Waals surface area contributed by atoms with Crippen LogP contribution in [0.3, 0.4) is 0 Å². The Morgan fingerprint density at radius 1 is 1.27 bits per heavy atom. The molecular formula is C19H23N3O3S. The molecular weight excluding hydrogens is 350 g/mol. The fourth-order valence-corrected chi connectivity index (χ4v) is 3.47. The summed E-state index contributed by atoms with van der Waals surface area (Å²) in [5, 5.41) is 4.97. The van der Waals surface area contributed by atoms with Crippen LogP contribution in [-0.2, 0) is 17.8 Å². The van der Waals surface area contributed by atoms with Gasteiger partial charge in [0.1, 0.15) is 0 Å². The molecule has 1 saturated carbocycles. The zero-order valence-electron chi connectivity index (χ0n) is 15.0. The number of hydrogen-bond acceptors (Lipinski definition) is 6. The number of rotatable bonds is 8. The van der Waals surface area contributed by atoms with Crippen LogP contribution in [0.4, 0.5) is 0 Å². The molecule has 0 radical (unpaired) electrons. The Hall–Kier alpha value is -2.25. The summed E-state index contributed by atoms with van der Waals surface area (Å²) in [5.74, 6) is -0.434. The highest BCUT2D eigenvalue weighted by Crippen LogP contribution is 2.30. The van der Waals surface area contributed by atoms with Gasteiger partial charge in [-0.1, -0.05) is 12.1 Å². The van der Waals surface area contributed by atoms with Crippen LogP contribution in [0.2, 0.25) is 0 Å². The van der Waals surface area contributed by atoms with Gasteiger partial charge in [0.25, 0.3) is 5.91 Å². The highest BCUT2D eigenvalue weighted by atomic mass is 32.1. The van der Waals surface area contributed by atoms with Crippen molar-refractivity contribution >= 4 is 23.2 Å². The van der Waals surface area contributed by atoms with Crippen molar-refractivity contribution in [2.75, 3.05) is 13.7 Å². The predicted molar refractivity (Wildman–Crippen MR) is 100 cm³/mol. The Morgan fingerprint density at radius 3 is 2.62 bits per heavy atom. The number of amides is 1. The van der Waals surface area contributed by atoms with E-state index in [1.54, 1.807) is 14.0 Å². The Bertz CT molecular complexity index is 769. The molecule has 1 aromatic carbocycles. The molecule has 0 spiro atoms. The van der Waals surface area contributed by atoms with Crippen molar-refractivity contribution in [3.63, 3.8) is 0 Å². The minimum atomic E-state index is -0.355. The van der Waals surface area contributed by atoms with E-state index >= 15 is 0 Å². The smallest absolute Gasteiger partial charge is 0.367 e. The van der Waals surface area contributed by atoms with Gasteiger partial charge in [0.15, 0.2) is 0 Å². The summed E-state index contributed by atoms with van der Waals surface area (Å²) in [7, 11) is 1.63. The lowest BCUT2D eigenvalue weighted by Gasteiger charge is -2.21. The number of thiazole rings is 1. The number of nitrogens with one attached hydrogen (secondary N) is 1. The third kappa shape index (κ3) is 4.68. The van der Waals surface area contributed by atoms with Gasteiger partial charge in [-0.2, -0.15) is 0 Å². The fourth-order valence-electron chi connectivity index (χ4n) is 2.77. The molecule has 1 aliphatic carbocycles. The lowest BCUT2D eigenvalue weighted by molar-refractivity contribution is 0.0525. The molecule has 0 aliphatic heterocycles. The molecule has 26 heavy (non-hydrogen) atoms. The Morgan fingerprint density at radius 2 is 2.00 bits per heavy atom. The van der Waals surface area contributed by atoms with Crippen molar-refractivity contribution in [1.29, 1.82) is 0 Å². The van der Waals surface area contributed by atoms with Gasteiger partial charge in [0, 0.05) is 37.1 Å². The molecule has 1 heterocycles.